The third-order valence-corrected chi connectivity index (χ3v) is 12.7. The first-order chi connectivity index (χ1) is 24.2. The van der Waals surface area contributed by atoms with Crippen molar-refractivity contribution in [2.24, 2.45) is 11.8 Å². The standard InChI is InChI=1S/C41H42F4N2S3/c1-5-8-9-25(7-3)12-13-27-22-32(44)39(33(45)23-27)37-19-17-35(49-37)29-15-14-28(40-41(29)47-50-46-40)34-16-18-36(48-34)38-30(42)20-26(21-31(38)43)11-10-24(4)6-2/h14-25H,5-13H2,1-4H3/t24-,25?/m0/s1. The summed E-state index contributed by atoms with van der Waals surface area (Å²) in [4.78, 5) is 2.65. The first-order valence-corrected chi connectivity index (χ1v) is 20.0. The molecule has 6 rings (SSSR count). The summed E-state index contributed by atoms with van der Waals surface area (Å²) in [5, 5.41) is 0. The number of benzene rings is 3. The van der Waals surface area contributed by atoms with Gasteiger partial charge in [0, 0.05) is 30.6 Å². The van der Waals surface area contributed by atoms with Crippen molar-refractivity contribution in [2.75, 3.05) is 0 Å². The summed E-state index contributed by atoms with van der Waals surface area (Å²) in [5.74, 6) is -1.15. The number of aryl methyl sites for hydroxylation is 2. The molecule has 1 unspecified atom stereocenters. The van der Waals surface area contributed by atoms with Crippen LogP contribution >= 0.6 is 34.4 Å². The molecule has 6 aromatic rings. The van der Waals surface area contributed by atoms with Crippen molar-refractivity contribution in [3.63, 3.8) is 0 Å². The van der Waals surface area contributed by atoms with Gasteiger partial charge in [0.15, 0.2) is 0 Å². The van der Waals surface area contributed by atoms with Crippen LogP contribution < -0.4 is 0 Å². The van der Waals surface area contributed by atoms with Crippen LogP contribution in [0.4, 0.5) is 17.6 Å². The summed E-state index contributed by atoms with van der Waals surface area (Å²) in [6.45, 7) is 8.63. The Bertz CT molecular complexity index is 2030. The second kappa shape index (κ2) is 16.3. The molecular weight excluding hydrogens is 693 g/mol. The number of thiophene rings is 2. The van der Waals surface area contributed by atoms with E-state index in [2.05, 4.69) is 36.4 Å². The zero-order valence-corrected chi connectivity index (χ0v) is 31.4. The van der Waals surface area contributed by atoms with Gasteiger partial charge in [0.1, 0.15) is 34.3 Å². The number of rotatable bonds is 15. The molecule has 2 atom stereocenters. The van der Waals surface area contributed by atoms with Gasteiger partial charge in [0.2, 0.25) is 0 Å². The molecule has 0 aliphatic heterocycles. The minimum atomic E-state index is -0.558. The summed E-state index contributed by atoms with van der Waals surface area (Å²) in [7, 11) is 0. The number of hydrogen-bond acceptors (Lipinski definition) is 5. The predicted molar refractivity (Wildman–Crippen MR) is 204 cm³/mol. The average molecular weight is 735 g/mol. The Balaban J connectivity index is 1.23. The minimum Gasteiger partial charge on any atom is -0.206 e. The molecule has 0 spiro atoms. The van der Waals surface area contributed by atoms with E-state index in [1.807, 2.05) is 24.3 Å². The Morgan fingerprint density at radius 1 is 0.580 bits per heavy atom. The molecule has 2 nitrogen and oxygen atoms in total. The summed E-state index contributed by atoms with van der Waals surface area (Å²) in [5.41, 5.74) is 4.29. The van der Waals surface area contributed by atoms with Crippen LogP contribution in [0.15, 0.2) is 60.7 Å². The van der Waals surface area contributed by atoms with Crippen LogP contribution in [0, 0.1) is 35.1 Å². The molecule has 0 saturated carbocycles. The molecule has 50 heavy (non-hydrogen) atoms. The average Bonchev–Trinajstić information content (AvgIpc) is 3.89. The molecule has 3 aromatic carbocycles. The van der Waals surface area contributed by atoms with Crippen LogP contribution in [0.3, 0.4) is 0 Å². The third-order valence-electron chi connectivity index (χ3n) is 9.86. The molecule has 3 aromatic heterocycles. The second-order valence-corrected chi connectivity index (χ2v) is 16.0. The van der Waals surface area contributed by atoms with E-state index in [1.54, 1.807) is 12.1 Å². The van der Waals surface area contributed by atoms with Gasteiger partial charge in [0.25, 0.3) is 0 Å². The quantitative estimate of drug-likeness (QED) is 0.0982. The summed E-state index contributed by atoms with van der Waals surface area (Å²) < 4.78 is 70.6. The van der Waals surface area contributed by atoms with E-state index < -0.39 is 23.3 Å². The van der Waals surface area contributed by atoms with E-state index in [1.165, 1.54) is 53.4 Å². The Hall–Kier alpha value is -3.40. The Labute approximate surface area is 304 Å². The number of unbranched alkanes of at least 4 members (excludes halogenated alkanes) is 1. The maximum absolute atomic E-state index is 15.4. The highest BCUT2D eigenvalue weighted by molar-refractivity contribution is 7.19. The van der Waals surface area contributed by atoms with Crippen molar-refractivity contribution in [3.05, 3.63) is 95.1 Å². The van der Waals surface area contributed by atoms with Gasteiger partial charge in [-0.15, -0.1) is 22.7 Å². The smallest absolute Gasteiger partial charge is 0.135 e. The van der Waals surface area contributed by atoms with E-state index in [0.29, 0.717) is 56.6 Å². The van der Waals surface area contributed by atoms with Crippen molar-refractivity contribution in [2.45, 2.75) is 85.5 Å². The van der Waals surface area contributed by atoms with Crippen LogP contribution in [0.2, 0.25) is 0 Å². The molecule has 0 saturated heterocycles. The monoisotopic (exact) mass is 734 g/mol. The van der Waals surface area contributed by atoms with Crippen LogP contribution in [0.1, 0.15) is 83.8 Å². The Morgan fingerprint density at radius 2 is 1.04 bits per heavy atom. The van der Waals surface area contributed by atoms with Crippen LogP contribution in [0.25, 0.3) is 52.8 Å². The summed E-state index contributed by atoms with van der Waals surface area (Å²) >= 11 is 3.70. The lowest BCUT2D eigenvalue weighted by Crippen LogP contribution is -2.02. The molecule has 0 bridgehead atoms. The topological polar surface area (TPSA) is 25.8 Å². The molecule has 0 aliphatic carbocycles. The van der Waals surface area contributed by atoms with Crippen molar-refractivity contribution in [1.29, 1.82) is 0 Å². The largest absolute Gasteiger partial charge is 0.206 e. The van der Waals surface area contributed by atoms with Gasteiger partial charge < -0.3 is 0 Å². The predicted octanol–water partition coefficient (Wildman–Crippen LogP) is 14.2. The third kappa shape index (κ3) is 7.90. The van der Waals surface area contributed by atoms with Gasteiger partial charge in [-0.05, 0) is 97.2 Å². The zero-order valence-electron chi connectivity index (χ0n) is 28.9. The van der Waals surface area contributed by atoms with Gasteiger partial charge in [0.05, 0.1) is 22.9 Å². The molecule has 3 heterocycles. The second-order valence-electron chi connectivity index (χ2n) is 13.3. The van der Waals surface area contributed by atoms with Crippen molar-refractivity contribution < 1.29 is 17.6 Å². The number of halogens is 4. The maximum atomic E-state index is 15.4. The number of nitrogens with zero attached hydrogens (tertiary/aromatic N) is 2. The summed E-state index contributed by atoms with van der Waals surface area (Å²) in [6, 6.07) is 17.0. The molecule has 0 amide bonds. The van der Waals surface area contributed by atoms with Gasteiger partial charge in [-0.3, -0.25) is 0 Å². The molecule has 0 aliphatic rings. The SMILES string of the molecule is CCCCC(CC)CCc1cc(F)c(-c2ccc(-c3ccc(-c4ccc(-c5c(F)cc(CC[C@@H](C)CC)cc5F)s4)c4nsnc34)s2)c(F)c1. The van der Waals surface area contributed by atoms with Crippen molar-refractivity contribution in [3.8, 4) is 41.8 Å². The van der Waals surface area contributed by atoms with Gasteiger partial charge in [-0.25, -0.2) is 17.6 Å². The lowest BCUT2D eigenvalue weighted by atomic mass is 9.92. The van der Waals surface area contributed by atoms with Crippen LogP contribution in [0.5, 0.6) is 0 Å². The van der Waals surface area contributed by atoms with Gasteiger partial charge in [-0.2, -0.15) is 8.75 Å². The highest BCUT2D eigenvalue weighted by Crippen LogP contribution is 2.44. The van der Waals surface area contributed by atoms with E-state index in [0.717, 1.165) is 71.1 Å². The van der Waals surface area contributed by atoms with Crippen LogP contribution in [-0.2, 0) is 12.8 Å². The molecule has 9 heteroatoms. The molecule has 262 valence electrons. The molecular formula is C41H42F4N2S3. The minimum absolute atomic E-state index is 0.0126. The number of hydrogen-bond donors (Lipinski definition) is 0. The fourth-order valence-corrected chi connectivity index (χ4v) is 9.28. The van der Waals surface area contributed by atoms with Gasteiger partial charge >= 0.3 is 0 Å². The van der Waals surface area contributed by atoms with Crippen molar-refractivity contribution >= 4 is 45.4 Å². The lowest BCUT2D eigenvalue weighted by molar-refractivity contribution is 0.421. The first-order valence-electron chi connectivity index (χ1n) is 17.6. The van der Waals surface area contributed by atoms with Crippen molar-refractivity contribution in [1.82, 2.24) is 8.75 Å². The molecule has 0 fully saturated rings. The lowest BCUT2D eigenvalue weighted by Gasteiger charge is -2.14. The Kier molecular flexibility index (Phi) is 11.9. The molecule has 0 radical (unpaired) electrons. The molecule has 0 N–H and O–H groups in total. The maximum Gasteiger partial charge on any atom is 0.135 e. The normalized spacial score (nSPS) is 13.0. The first kappa shape index (κ1) is 36.4. The Morgan fingerprint density at radius 3 is 1.48 bits per heavy atom. The number of aromatic nitrogens is 2. The van der Waals surface area contributed by atoms with E-state index in [9.17, 15) is 0 Å². The van der Waals surface area contributed by atoms with E-state index in [4.69, 9.17) is 0 Å². The van der Waals surface area contributed by atoms with E-state index in [-0.39, 0.29) is 11.1 Å². The summed E-state index contributed by atoms with van der Waals surface area (Å²) in [6.07, 6.45) is 8.71. The fourth-order valence-electron chi connectivity index (χ4n) is 6.54. The highest BCUT2D eigenvalue weighted by Gasteiger charge is 2.21. The number of fused-ring (bicyclic) bond motifs is 1. The highest BCUT2D eigenvalue weighted by atomic mass is 32.1. The van der Waals surface area contributed by atoms with Crippen LogP contribution in [-0.4, -0.2) is 8.75 Å². The zero-order chi connectivity index (χ0) is 35.4. The van der Waals surface area contributed by atoms with Gasteiger partial charge in [-0.1, -0.05) is 71.9 Å². The fraction of sp³-hybridized carbons (Fsp3) is 0.366. The van der Waals surface area contributed by atoms with E-state index >= 15 is 17.6 Å².